The zero-order valence-corrected chi connectivity index (χ0v) is 12.6. The van der Waals surface area contributed by atoms with Crippen molar-refractivity contribution in [2.75, 3.05) is 0 Å². The van der Waals surface area contributed by atoms with Gasteiger partial charge < -0.3 is 0 Å². The topological polar surface area (TPSA) is 0 Å². The Morgan fingerprint density at radius 3 is 1.89 bits per heavy atom. The monoisotopic (exact) mass is 254 g/mol. The van der Waals surface area contributed by atoms with Gasteiger partial charge in [-0.1, -0.05) is 87.5 Å². The van der Waals surface area contributed by atoms with Gasteiger partial charge in [0.15, 0.2) is 0 Å². The summed E-state index contributed by atoms with van der Waals surface area (Å²) in [6.07, 6.45) is 5.51. The highest BCUT2D eigenvalue weighted by atomic mass is 14.3. The predicted molar refractivity (Wildman–Crippen MR) is 85.7 cm³/mol. The van der Waals surface area contributed by atoms with Crippen LogP contribution in [0.5, 0.6) is 0 Å². The number of hydrogen-bond donors (Lipinski definition) is 0. The molecular formula is C19H26. The molecular weight excluding hydrogens is 228 g/mol. The van der Waals surface area contributed by atoms with Gasteiger partial charge >= 0.3 is 0 Å². The van der Waals surface area contributed by atoms with Gasteiger partial charge in [0.2, 0.25) is 0 Å². The van der Waals surface area contributed by atoms with Crippen molar-refractivity contribution in [1.29, 1.82) is 0 Å². The van der Waals surface area contributed by atoms with Gasteiger partial charge in [-0.15, -0.1) is 0 Å². The molecule has 0 aromatic heterocycles. The third-order valence-corrected chi connectivity index (χ3v) is 3.92. The van der Waals surface area contributed by atoms with E-state index < -0.39 is 0 Å². The molecule has 0 nitrogen and oxygen atoms in total. The first kappa shape index (κ1) is 15.5. The molecule has 0 aliphatic rings. The lowest BCUT2D eigenvalue weighted by Gasteiger charge is -2.31. The molecule has 0 aliphatic carbocycles. The molecule has 0 aliphatic heterocycles. The van der Waals surface area contributed by atoms with Crippen molar-refractivity contribution in [2.24, 2.45) is 5.92 Å². The molecule has 0 heteroatoms. The van der Waals surface area contributed by atoms with Crippen LogP contribution in [-0.4, -0.2) is 0 Å². The van der Waals surface area contributed by atoms with Gasteiger partial charge in [0.25, 0.3) is 0 Å². The molecule has 0 saturated heterocycles. The zero-order chi connectivity index (χ0) is 14.1. The van der Waals surface area contributed by atoms with Crippen molar-refractivity contribution in [3.05, 3.63) is 72.3 Å². The van der Waals surface area contributed by atoms with Gasteiger partial charge in [0, 0.05) is 0 Å². The maximum atomic E-state index is 2.33. The van der Waals surface area contributed by atoms with Crippen LogP contribution in [0.4, 0.5) is 0 Å². The van der Waals surface area contributed by atoms with E-state index in [-0.39, 0.29) is 5.41 Å². The average Bonchev–Trinajstić information content (AvgIpc) is 2.41. The molecule has 0 saturated carbocycles. The summed E-state index contributed by atoms with van der Waals surface area (Å²) in [5.41, 5.74) is 1.54. The van der Waals surface area contributed by atoms with Crippen LogP contribution in [0.15, 0.2) is 66.7 Å². The molecule has 102 valence electrons. The Labute approximate surface area is 118 Å². The smallest absolute Gasteiger partial charge is 0.00750 e. The molecule has 0 heterocycles. The Hall–Kier alpha value is -1.56. The summed E-state index contributed by atoms with van der Waals surface area (Å²) < 4.78 is 0. The minimum Gasteiger partial charge on any atom is -0.0917 e. The lowest BCUT2D eigenvalue weighted by atomic mass is 9.73. The second-order valence-electron chi connectivity index (χ2n) is 5.56. The van der Waals surface area contributed by atoms with E-state index in [1.165, 1.54) is 5.56 Å². The molecule has 0 radical (unpaired) electrons. The van der Waals surface area contributed by atoms with Crippen molar-refractivity contribution in [3.63, 3.8) is 0 Å². The molecule has 1 atom stereocenters. The van der Waals surface area contributed by atoms with Crippen molar-refractivity contribution >= 4 is 0 Å². The van der Waals surface area contributed by atoms with E-state index >= 15 is 0 Å². The third kappa shape index (κ3) is 4.90. The summed E-state index contributed by atoms with van der Waals surface area (Å²) in [4.78, 5) is 0. The van der Waals surface area contributed by atoms with E-state index in [2.05, 4.69) is 88.4 Å². The van der Waals surface area contributed by atoms with Gasteiger partial charge in [0.1, 0.15) is 0 Å². The fourth-order valence-corrected chi connectivity index (χ4v) is 2.04. The second kappa shape index (κ2) is 7.78. The highest BCUT2D eigenvalue weighted by molar-refractivity contribution is 5.22. The minimum absolute atomic E-state index is 0.164. The summed E-state index contributed by atoms with van der Waals surface area (Å²) in [5, 5.41) is 0. The van der Waals surface area contributed by atoms with E-state index in [1.54, 1.807) is 0 Å². The number of rotatable bonds is 4. The molecule has 1 rings (SSSR count). The van der Waals surface area contributed by atoms with Gasteiger partial charge in [-0.25, -0.2) is 0 Å². The van der Waals surface area contributed by atoms with E-state index in [9.17, 15) is 0 Å². The molecule has 1 unspecified atom stereocenters. The van der Waals surface area contributed by atoms with E-state index in [1.807, 2.05) is 6.07 Å². The number of hydrogen-bond acceptors (Lipinski definition) is 0. The molecule has 0 amide bonds. The lowest BCUT2D eigenvalue weighted by Crippen LogP contribution is -2.25. The highest BCUT2D eigenvalue weighted by Crippen LogP contribution is 2.33. The molecule has 19 heavy (non-hydrogen) atoms. The first-order valence-corrected chi connectivity index (χ1v) is 7.09. The first-order valence-electron chi connectivity index (χ1n) is 7.09. The van der Waals surface area contributed by atoms with E-state index in [4.69, 9.17) is 0 Å². The van der Waals surface area contributed by atoms with Crippen molar-refractivity contribution in [1.82, 2.24) is 0 Å². The second-order valence-corrected chi connectivity index (χ2v) is 5.56. The van der Waals surface area contributed by atoms with Gasteiger partial charge in [-0.3, -0.25) is 0 Å². The van der Waals surface area contributed by atoms with Crippen LogP contribution in [0.3, 0.4) is 0 Å². The quantitative estimate of drug-likeness (QED) is 0.605. The highest BCUT2D eigenvalue weighted by Gasteiger charge is 2.26. The summed E-state index contributed by atoms with van der Waals surface area (Å²) in [6.45, 7) is 9.07. The van der Waals surface area contributed by atoms with Crippen LogP contribution in [0, 0.1) is 5.92 Å². The first-order chi connectivity index (χ1) is 9.09. The summed E-state index contributed by atoms with van der Waals surface area (Å²) in [5.74, 6) is 0.607. The molecule has 0 N–H and O–H groups in total. The van der Waals surface area contributed by atoms with Crippen molar-refractivity contribution in [2.45, 2.75) is 39.5 Å². The Morgan fingerprint density at radius 2 is 1.42 bits per heavy atom. The minimum atomic E-state index is 0.164. The largest absolute Gasteiger partial charge is 0.0917 e. The van der Waals surface area contributed by atoms with Gasteiger partial charge in [-0.2, -0.15) is 0 Å². The van der Waals surface area contributed by atoms with Crippen LogP contribution in [0.2, 0.25) is 0 Å². The van der Waals surface area contributed by atoms with E-state index in [0.717, 1.165) is 6.42 Å². The van der Waals surface area contributed by atoms with Gasteiger partial charge in [0.05, 0.1) is 0 Å². The van der Waals surface area contributed by atoms with Crippen LogP contribution in [0.1, 0.15) is 39.7 Å². The summed E-state index contributed by atoms with van der Waals surface area (Å²) >= 11 is 0. The average molecular weight is 254 g/mol. The predicted octanol–water partition coefficient (Wildman–Crippen LogP) is 5.69. The standard InChI is InChI=1S/C19H26/c1-5-6-14-17(2)19(3,4)18-15-12-10-8-7-9-11-13-16-18/h5-13,15-17H,14H2,1-4H3/b6-5-,8-7?,9-7?,10-8?,11-9?,12-10?,13-11?,15-12?,16-13?,18-15?,18-16?. The third-order valence-electron chi connectivity index (χ3n) is 3.92. The maximum absolute atomic E-state index is 2.33. The van der Waals surface area contributed by atoms with Crippen molar-refractivity contribution < 1.29 is 0 Å². The fraction of sp³-hybridized carbons (Fsp3) is 0.368. The fourth-order valence-electron chi connectivity index (χ4n) is 2.04. The summed E-state index contributed by atoms with van der Waals surface area (Å²) in [7, 11) is 0. The summed E-state index contributed by atoms with van der Waals surface area (Å²) in [6, 6.07) is 19.0. The van der Waals surface area contributed by atoms with Crippen molar-refractivity contribution in [3.8, 4) is 0 Å². The molecule has 0 fully saturated rings. The van der Waals surface area contributed by atoms with Crippen LogP contribution in [0.25, 0.3) is 0 Å². The van der Waals surface area contributed by atoms with Crippen LogP contribution >= 0.6 is 0 Å². The van der Waals surface area contributed by atoms with E-state index in [0.29, 0.717) is 5.92 Å². The Bertz CT molecular complexity index is 428. The number of allylic oxidation sites excluding steroid dienone is 2. The Morgan fingerprint density at radius 1 is 0.947 bits per heavy atom. The normalized spacial score (nSPS) is 13.1. The molecule has 0 spiro atoms. The Balaban J connectivity index is 3.12. The molecule has 0 bridgehead atoms. The maximum Gasteiger partial charge on any atom is -0.00750 e. The van der Waals surface area contributed by atoms with Crippen LogP contribution < -0.4 is 0 Å². The van der Waals surface area contributed by atoms with Crippen LogP contribution in [-0.2, 0) is 5.41 Å². The SMILES string of the molecule is C/C=C\CC(C)C(C)(C)c1ccccccccc1. The molecule has 1 aromatic rings. The zero-order valence-electron chi connectivity index (χ0n) is 12.6. The Kier molecular flexibility index (Phi) is 6.35. The van der Waals surface area contributed by atoms with Gasteiger partial charge in [-0.05, 0) is 30.2 Å². The lowest BCUT2D eigenvalue weighted by molar-refractivity contribution is 0.347. The molecule has 1 aromatic carbocycles.